The second-order valence-electron chi connectivity index (χ2n) is 5.99. The van der Waals surface area contributed by atoms with Gasteiger partial charge in [-0.25, -0.2) is 0 Å². The van der Waals surface area contributed by atoms with Gasteiger partial charge in [0.2, 0.25) is 0 Å². The molecule has 0 bridgehead atoms. The molecule has 0 aromatic carbocycles. The third-order valence-corrected chi connectivity index (χ3v) is 4.20. The van der Waals surface area contributed by atoms with E-state index in [1.165, 1.54) is 0 Å². The van der Waals surface area contributed by atoms with E-state index >= 15 is 0 Å². The van der Waals surface area contributed by atoms with Gasteiger partial charge in [-0.1, -0.05) is 0 Å². The maximum atomic E-state index is 12.8. The van der Waals surface area contributed by atoms with Crippen molar-refractivity contribution in [3.05, 3.63) is 30.4 Å². The molecule has 1 fully saturated rings. The van der Waals surface area contributed by atoms with Crippen LogP contribution >= 0.6 is 0 Å². The van der Waals surface area contributed by atoms with E-state index in [0.717, 1.165) is 11.1 Å². The highest BCUT2D eigenvalue weighted by Crippen LogP contribution is 2.26. The van der Waals surface area contributed by atoms with Gasteiger partial charge in [-0.05, 0) is 14.1 Å². The van der Waals surface area contributed by atoms with E-state index in [1.54, 1.807) is 28.2 Å². The highest BCUT2D eigenvalue weighted by atomic mass is 16.3. The van der Waals surface area contributed by atoms with Crippen molar-refractivity contribution in [2.75, 3.05) is 27.2 Å². The Balaban J connectivity index is 1.84. The van der Waals surface area contributed by atoms with Gasteiger partial charge in [0.15, 0.2) is 0 Å². The van der Waals surface area contributed by atoms with Gasteiger partial charge in [0.05, 0.1) is 23.9 Å². The number of carbonyl (C=O) groups is 1. The van der Waals surface area contributed by atoms with Gasteiger partial charge < -0.3 is 19.9 Å². The quantitative estimate of drug-likeness (QED) is 0.847. The first-order valence-electron chi connectivity index (χ1n) is 7.27. The van der Waals surface area contributed by atoms with Crippen LogP contribution in [0, 0.1) is 0 Å². The minimum Gasteiger partial charge on any atom is -0.390 e. The zero-order chi connectivity index (χ0) is 15.9. The summed E-state index contributed by atoms with van der Waals surface area (Å²) in [5.74, 6) is -0.0662. The van der Waals surface area contributed by atoms with Crippen LogP contribution in [0.15, 0.2) is 24.8 Å². The number of aryl methyl sites for hydroxylation is 1. The molecule has 1 saturated heterocycles. The Kier molecular flexibility index (Phi) is 3.76. The molecule has 3 heterocycles. The maximum absolute atomic E-state index is 12.8. The van der Waals surface area contributed by atoms with Gasteiger partial charge in [-0.15, -0.1) is 0 Å². The number of aliphatic hydroxyl groups excluding tert-OH is 1. The van der Waals surface area contributed by atoms with Crippen molar-refractivity contribution in [2.24, 2.45) is 7.05 Å². The normalized spacial score (nSPS) is 21.8. The van der Waals surface area contributed by atoms with Crippen LogP contribution in [0.5, 0.6) is 0 Å². The Hall–Kier alpha value is -2.12. The van der Waals surface area contributed by atoms with Crippen molar-refractivity contribution in [2.45, 2.75) is 12.1 Å². The van der Waals surface area contributed by atoms with Crippen molar-refractivity contribution in [3.8, 4) is 11.1 Å². The Morgan fingerprint density at radius 2 is 2.18 bits per heavy atom. The summed E-state index contributed by atoms with van der Waals surface area (Å²) in [6.45, 7) is 0.893. The summed E-state index contributed by atoms with van der Waals surface area (Å²) < 4.78 is 1.71. The summed E-state index contributed by atoms with van der Waals surface area (Å²) in [5.41, 5.74) is 2.34. The Bertz CT molecular complexity index is 675. The van der Waals surface area contributed by atoms with Crippen LogP contribution in [-0.2, 0) is 7.05 Å². The molecule has 2 aromatic heterocycles. The van der Waals surface area contributed by atoms with Crippen molar-refractivity contribution in [1.29, 1.82) is 0 Å². The highest BCUT2D eigenvalue weighted by Gasteiger charge is 2.36. The van der Waals surface area contributed by atoms with Crippen molar-refractivity contribution >= 4 is 5.91 Å². The minimum absolute atomic E-state index is 0.0234. The van der Waals surface area contributed by atoms with E-state index < -0.39 is 6.10 Å². The molecular formula is C15H21N5O2. The van der Waals surface area contributed by atoms with E-state index in [0.29, 0.717) is 18.7 Å². The monoisotopic (exact) mass is 303 g/mol. The van der Waals surface area contributed by atoms with E-state index in [1.807, 2.05) is 32.2 Å². The number of nitrogens with zero attached hydrogens (tertiary/aromatic N) is 4. The lowest BCUT2D eigenvalue weighted by Crippen LogP contribution is -2.38. The van der Waals surface area contributed by atoms with Crippen LogP contribution in [-0.4, -0.2) is 74.9 Å². The summed E-state index contributed by atoms with van der Waals surface area (Å²) >= 11 is 0. The molecule has 1 amide bonds. The first-order chi connectivity index (χ1) is 10.5. The zero-order valence-electron chi connectivity index (χ0n) is 13.0. The number of aromatic nitrogens is 3. The predicted octanol–water partition coefficient (Wildman–Crippen LogP) is 0.162. The average Bonchev–Trinajstić information content (AvgIpc) is 3.16. The van der Waals surface area contributed by atoms with Gasteiger partial charge in [-0.3, -0.25) is 9.48 Å². The molecule has 118 valence electrons. The average molecular weight is 303 g/mol. The lowest BCUT2D eigenvalue weighted by atomic mass is 10.1. The Labute approximate surface area is 129 Å². The largest absolute Gasteiger partial charge is 0.390 e. The third-order valence-electron chi connectivity index (χ3n) is 4.20. The lowest BCUT2D eigenvalue weighted by Gasteiger charge is -2.21. The summed E-state index contributed by atoms with van der Waals surface area (Å²) in [6.07, 6.45) is 6.61. The fraction of sp³-hybridized carbons (Fsp3) is 0.467. The zero-order valence-corrected chi connectivity index (χ0v) is 13.0. The van der Waals surface area contributed by atoms with Crippen molar-refractivity contribution in [1.82, 2.24) is 24.6 Å². The number of likely N-dealkylation sites (N-methyl/N-ethyl adjacent to an activating group) is 1. The molecule has 0 saturated carbocycles. The topological polar surface area (TPSA) is 77.4 Å². The molecule has 0 unspecified atom stereocenters. The Morgan fingerprint density at radius 1 is 1.41 bits per heavy atom. The number of hydrogen-bond donors (Lipinski definition) is 2. The van der Waals surface area contributed by atoms with Crippen LogP contribution in [0.4, 0.5) is 0 Å². The van der Waals surface area contributed by atoms with E-state index in [4.69, 9.17) is 0 Å². The number of aliphatic hydroxyl groups is 1. The van der Waals surface area contributed by atoms with Crippen LogP contribution in [0.1, 0.15) is 10.4 Å². The van der Waals surface area contributed by atoms with Gasteiger partial charge >= 0.3 is 0 Å². The molecular weight excluding hydrogens is 282 g/mol. The first-order valence-corrected chi connectivity index (χ1v) is 7.27. The van der Waals surface area contributed by atoms with Gasteiger partial charge in [0.1, 0.15) is 0 Å². The minimum atomic E-state index is -0.514. The summed E-state index contributed by atoms with van der Waals surface area (Å²) in [6, 6.07) is -0.0234. The number of nitrogens with one attached hydrogen (secondary N) is 1. The summed E-state index contributed by atoms with van der Waals surface area (Å²) in [7, 11) is 5.68. The maximum Gasteiger partial charge on any atom is 0.256 e. The number of likely N-dealkylation sites (tertiary alicyclic amines) is 1. The van der Waals surface area contributed by atoms with Crippen LogP contribution in [0.3, 0.4) is 0 Å². The standard InChI is InChI=1S/C15H21N5O2/c1-18(2)13-8-20(9-14(13)21)15(22)12-6-16-5-11(12)10-4-17-19(3)7-10/h4-7,13-14,16,21H,8-9H2,1-3H3/t13-,14-/m0/s1. The third kappa shape index (κ3) is 2.53. The molecule has 7 nitrogen and oxygen atoms in total. The van der Waals surface area contributed by atoms with Crippen LogP contribution in [0.25, 0.3) is 11.1 Å². The van der Waals surface area contributed by atoms with Crippen molar-refractivity contribution < 1.29 is 9.90 Å². The number of H-pyrrole nitrogens is 1. The highest BCUT2D eigenvalue weighted by molar-refractivity contribution is 6.00. The van der Waals surface area contributed by atoms with Crippen LogP contribution < -0.4 is 0 Å². The molecule has 22 heavy (non-hydrogen) atoms. The SMILES string of the molecule is CN(C)[C@H]1CN(C(=O)c2c[nH]cc2-c2cnn(C)c2)C[C@@H]1O. The summed E-state index contributed by atoms with van der Waals surface area (Å²) in [4.78, 5) is 19.4. The molecule has 2 aromatic rings. The van der Waals surface area contributed by atoms with Crippen molar-refractivity contribution in [3.63, 3.8) is 0 Å². The lowest BCUT2D eigenvalue weighted by molar-refractivity contribution is 0.0765. The number of β-amino-alcohol motifs (C(OH)–C–C–N with tert-alkyl or cyclic N) is 1. The first kappa shape index (κ1) is 14.8. The second-order valence-corrected chi connectivity index (χ2v) is 5.99. The summed E-state index contributed by atoms with van der Waals surface area (Å²) in [5, 5.41) is 14.3. The molecule has 1 aliphatic rings. The molecule has 0 radical (unpaired) electrons. The Morgan fingerprint density at radius 3 is 2.77 bits per heavy atom. The molecule has 7 heteroatoms. The number of rotatable bonds is 3. The fourth-order valence-corrected chi connectivity index (χ4v) is 2.95. The van der Waals surface area contributed by atoms with Crippen LogP contribution in [0.2, 0.25) is 0 Å². The number of carbonyl (C=O) groups excluding carboxylic acids is 1. The fourth-order valence-electron chi connectivity index (χ4n) is 2.95. The number of aromatic amines is 1. The molecule has 3 rings (SSSR count). The number of hydrogen-bond acceptors (Lipinski definition) is 4. The van der Waals surface area contributed by atoms with E-state index in [2.05, 4.69) is 10.1 Å². The second kappa shape index (κ2) is 5.58. The van der Waals surface area contributed by atoms with E-state index in [-0.39, 0.29) is 11.9 Å². The molecule has 0 spiro atoms. The van der Waals surface area contributed by atoms with Gasteiger partial charge in [-0.2, -0.15) is 5.10 Å². The van der Waals surface area contributed by atoms with Gasteiger partial charge in [0.25, 0.3) is 5.91 Å². The van der Waals surface area contributed by atoms with E-state index in [9.17, 15) is 9.90 Å². The predicted molar refractivity (Wildman–Crippen MR) is 82.4 cm³/mol. The molecule has 1 aliphatic heterocycles. The van der Waals surface area contributed by atoms with Gasteiger partial charge in [0, 0.05) is 49.9 Å². The molecule has 2 atom stereocenters. The molecule has 0 aliphatic carbocycles. The number of amides is 1. The molecule has 2 N–H and O–H groups in total. The smallest absolute Gasteiger partial charge is 0.256 e.